The van der Waals surface area contributed by atoms with Crippen LogP contribution in [0.15, 0.2) is 15.9 Å². The van der Waals surface area contributed by atoms with Crippen LogP contribution in [0.4, 0.5) is 0 Å². The van der Waals surface area contributed by atoms with Gasteiger partial charge in [-0.05, 0) is 34.5 Å². The topological polar surface area (TPSA) is 76.8 Å². The maximum atomic E-state index is 8.87. The summed E-state index contributed by atoms with van der Waals surface area (Å²) in [6, 6.07) is 8.00. The molecule has 96 valence electrons. The van der Waals surface area contributed by atoms with Crippen molar-refractivity contribution in [3.63, 3.8) is 0 Å². The minimum Gasteiger partial charge on any atom is -0.326 e. The van der Waals surface area contributed by atoms with Crippen molar-refractivity contribution in [1.29, 1.82) is 10.5 Å². The van der Waals surface area contributed by atoms with Gasteiger partial charge in [0.1, 0.15) is 0 Å². The van der Waals surface area contributed by atoms with Crippen molar-refractivity contribution in [3.05, 3.63) is 20.8 Å². The molecule has 2 unspecified atom stereocenters. The van der Waals surface area contributed by atoms with Crippen molar-refractivity contribution < 1.29 is 0 Å². The molecule has 0 amide bonds. The van der Waals surface area contributed by atoms with Gasteiger partial charge in [0.2, 0.25) is 0 Å². The predicted octanol–water partition coefficient (Wildman–Crippen LogP) is 2.64. The number of hydrogen-bond donors (Lipinski definition) is 1. The summed E-state index contributed by atoms with van der Waals surface area (Å²) in [6.45, 7) is 2.43. The first kappa shape index (κ1) is 15.1. The van der Waals surface area contributed by atoms with E-state index in [2.05, 4.69) is 28.1 Å². The minimum absolute atomic E-state index is 0.0781. The van der Waals surface area contributed by atoms with Crippen molar-refractivity contribution >= 4 is 27.3 Å². The zero-order valence-electron chi connectivity index (χ0n) is 10.1. The standard InChI is InChI=1S/C12H15BrN4S/c1-2-9(16)12(10-3-4-11(13)18-10)17(7-5-14)8-6-15/h3-4,9,12H,2,7-8,16H2,1H3. The summed E-state index contributed by atoms with van der Waals surface area (Å²) in [7, 11) is 0. The number of nitrogens with zero attached hydrogens (tertiary/aromatic N) is 3. The molecule has 2 atom stereocenters. The lowest BCUT2D eigenvalue weighted by Gasteiger charge is -2.31. The van der Waals surface area contributed by atoms with Gasteiger partial charge in [-0.15, -0.1) is 11.3 Å². The maximum absolute atomic E-state index is 8.87. The second-order valence-corrected chi connectivity index (χ2v) is 6.37. The molecule has 0 radical (unpaired) electrons. The van der Waals surface area contributed by atoms with E-state index in [-0.39, 0.29) is 25.2 Å². The highest BCUT2D eigenvalue weighted by atomic mass is 79.9. The Hall–Kier alpha value is -0.920. The van der Waals surface area contributed by atoms with Crippen LogP contribution in [-0.4, -0.2) is 24.0 Å². The molecule has 0 aromatic carbocycles. The molecule has 18 heavy (non-hydrogen) atoms. The van der Waals surface area contributed by atoms with Crippen LogP contribution in [0, 0.1) is 22.7 Å². The molecular formula is C12H15BrN4S. The second-order valence-electron chi connectivity index (χ2n) is 3.88. The molecule has 0 aliphatic rings. The van der Waals surface area contributed by atoms with Gasteiger partial charge in [-0.1, -0.05) is 6.92 Å². The molecule has 0 aliphatic heterocycles. The quantitative estimate of drug-likeness (QED) is 0.815. The van der Waals surface area contributed by atoms with Crippen LogP contribution < -0.4 is 5.73 Å². The highest BCUT2D eigenvalue weighted by Crippen LogP contribution is 2.33. The van der Waals surface area contributed by atoms with Gasteiger partial charge in [-0.25, -0.2) is 0 Å². The van der Waals surface area contributed by atoms with Crippen molar-refractivity contribution in [1.82, 2.24) is 4.90 Å². The van der Waals surface area contributed by atoms with Crippen LogP contribution in [0.2, 0.25) is 0 Å². The molecule has 1 aromatic heterocycles. The average molecular weight is 327 g/mol. The fourth-order valence-electron chi connectivity index (χ4n) is 1.81. The van der Waals surface area contributed by atoms with Gasteiger partial charge in [0.05, 0.1) is 35.1 Å². The van der Waals surface area contributed by atoms with E-state index < -0.39 is 0 Å². The van der Waals surface area contributed by atoms with E-state index in [4.69, 9.17) is 16.3 Å². The van der Waals surface area contributed by atoms with Crippen LogP contribution in [0.5, 0.6) is 0 Å². The number of rotatable bonds is 6. The van der Waals surface area contributed by atoms with E-state index in [0.29, 0.717) is 0 Å². The minimum atomic E-state index is -0.0859. The molecule has 1 aromatic rings. The molecule has 2 N–H and O–H groups in total. The van der Waals surface area contributed by atoms with Crippen LogP contribution in [0.3, 0.4) is 0 Å². The van der Waals surface area contributed by atoms with Gasteiger partial charge in [0.25, 0.3) is 0 Å². The Bertz CT molecular complexity index is 443. The zero-order valence-corrected chi connectivity index (χ0v) is 12.5. The summed E-state index contributed by atoms with van der Waals surface area (Å²) >= 11 is 5.02. The highest BCUT2D eigenvalue weighted by molar-refractivity contribution is 9.11. The van der Waals surface area contributed by atoms with Crippen LogP contribution in [0.1, 0.15) is 24.3 Å². The van der Waals surface area contributed by atoms with Crippen LogP contribution in [-0.2, 0) is 0 Å². The first-order valence-electron chi connectivity index (χ1n) is 5.62. The molecule has 0 spiro atoms. The first-order valence-corrected chi connectivity index (χ1v) is 7.23. The number of nitrogens with two attached hydrogens (primary N) is 1. The normalized spacial score (nSPS) is 13.9. The molecule has 0 bridgehead atoms. The van der Waals surface area contributed by atoms with E-state index in [1.807, 2.05) is 24.0 Å². The summed E-state index contributed by atoms with van der Waals surface area (Å²) in [6.07, 6.45) is 0.799. The largest absolute Gasteiger partial charge is 0.326 e. The van der Waals surface area contributed by atoms with Gasteiger partial charge in [-0.2, -0.15) is 10.5 Å². The fourth-order valence-corrected chi connectivity index (χ4v) is 3.44. The lowest BCUT2D eigenvalue weighted by molar-refractivity contribution is 0.215. The number of halogens is 1. The Balaban J connectivity index is 3.03. The molecule has 4 nitrogen and oxygen atoms in total. The van der Waals surface area contributed by atoms with Crippen molar-refractivity contribution in [2.75, 3.05) is 13.1 Å². The van der Waals surface area contributed by atoms with E-state index in [1.165, 1.54) is 0 Å². The summed E-state index contributed by atoms with van der Waals surface area (Å²) in [5, 5.41) is 17.7. The first-order chi connectivity index (χ1) is 8.63. The van der Waals surface area contributed by atoms with Crippen molar-refractivity contribution in [3.8, 4) is 12.1 Å². The second kappa shape index (κ2) is 7.50. The number of nitriles is 2. The van der Waals surface area contributed by atoms with Gasteiger partial charge in [0.15, 0.2) is 0 Å². The van der Waals surface area contributed by atoms with Gasteiger partial charge in [0, 0.05) is 10.9 Å². The van der Waals surface area contributed by atoms with E-state index in [9.17, 15) is 0 Å². The molecule has 0 aliphatic carbocycles. The molecule has 0 fully saturated rings. The Morgan fingerprint density at radius 3 is 2.39 bits per heavy atom. The fraction of sp³-hybridized carbons (Fsp3) is 0.500. The Labute approximate surface area is 120 Å². The van der Waals surface area contributed by atoms with Gasteiger partial charge in [-0.3, -0.25) is 4.90 Å². The number of thiophene rings is 1. The van der Waals surface area contributed by atoms with Crippen LogP contribution in [0.25, 0.3) is 0 Å². The maximum Gasteiger partial charge on any atom is 0.0880 e. The van der Waals surface area contributed by atoms with Crippen molar-refractivity contribution in [2.24, 2.45) is 5.73 Å². The highest BCUT2D eigenvalue weighted by Gasteiger charge is 2.26. The van der Waals surface area contributed by atoms with E-state index in [1.54, 1.807) is 11.3 Å². The van der Waals surface area contributed by atoms with E-state index in [0.717, 1.165) is 15.1 Å². The molecule has 6 heteroatoms. The third-order valence-corrected chi connectivity index (χ3v) is 4.40. The molecular weight excluding hydrogens is 312 g/mol. The molecule has 1 heterocycles. The van der Waals surface area contributed by atoms with Crippen LogP contribution >= 0.6 is 27.3 Å². The molecule has 0 saturated carbocycles. The summed E-state index contributed by atoms with van der Waals surface area (Å²) < 4.78 is 1.03. The number of hydrogen-bond acceptors (Lipinski definition) is 5. The SMILES string of the molecule is CCC(N)C(c1ccc(Br)s1)N(CC#N)CC#N. The average Bonchev–Trinajstić information content (AvgIpc) is 2.76. The third-order valence-electron chi connectivity index (χ3n) is 2.70. The predicted molar refractivity (Wildman–Crippen MR) is 75.8 cm³/mol. The summed E-state index contributed by atoms with van der Waals surface area (Å²) in [5.74, 6) is 0. The van der Waals surface area contributed by atoms with Gasteiger partial charge >= 0.3 is 0 Å². The molecule has 0 saturated heterocycles. The smallest absolute Gasteiger partial charge is 0.0880 e. The third kappa shape index (κ3) is 3.79. The Kier molecular flexibility index (Phi) is 6.31. The monoisotopic (exact) mass is 326 g/mol. The Morgan fingerprint density at radius 2 is 2.00 bits per heavy atom. The molecule has 1 rings (SSSR count). The lowest BCUT2D eigenvalue weighted by Crippen LogP contribution is -2.41. The van der Waals surface area contributed by atoms with Gasteiger partial charge < -0.3 is 5.73 Å². The Morgan fingerprint density at radius 1 is 1.39 bits per heavy atom. The summed E-state index contributed by atoms with van der Waals surface area (Å²) in [4.78, 5) is 2.91. The zero-order chi connectivity index (χ0) is 13.5. The lowest BCUT2D eigenvalue weighted by atomic mass is 10.0. The summed E-state index contributed by atoms with van der Waals surface area (Å²) in [5.41, 5.74) is 6.15. The van der Waals surface area contributed by atoms with Crippen molar-refractivity contribution in [2.45, 2.75) is 25.4 Å². The van der Waals surface area contributed by atoms with E-state index >= 15 is 0 Å².